The van der Waals surface area contributed by atoms with Crippen LogP contribution in [0.5, 0.6) is 0 Å². The minimum atomic E-state index is -0.672. The molecule has 2 heterocycles. The Balaban J connectivity index is 1.76. The lowest BCUT2D eigenvalue weighted by molar-refractivity contribution is 0.0307. The zero-order chi connectivity index (χ0) is 13.0. The fourth-order valence-electron chi connectivity index (χ4n) is 2.47. The van der Waals surface area contributed by atoms with Crippen LogP contribution in [0.1, 0.15) is 32.0 Å². The van der Waals surface area contributed by atoms with Crippen molar-refractivity contribution in [3.63, 3.8) is 0 Å². The highest BCUT2D eigenvalue weighted by molar-refractivity contribution is 4.95. The van der Waals surface area contributed by atoms with Crippen LogP contribution in [0.3, 0.4) is 0 Å². The maximum absolute atomic E-state index is 10.1. The van der Waals surface area contributed by atoms with Crippen LogP contribution in [0.25, 0.3) is 0 Å². The molecule has 1 aromatic rings. The number of aliphatic hydroxyl groups is 1. The Hall–Kier alpha value is -0.910. The first-order chi connectivity index (χ1) is 8.67. The quantitative estimate of drug-likeness (QED) is 0.777. The van der Waals surface area contributed by atoms with Crippen molar-refractivity contribution in [3.8, 4) is 0 Å². The zero-order valence-electron chi connectivity index (χ0n) is 11.2. The number of imidazole rings is 1. The summed E-state index contributed by atoms with van der Waals surface area (Å²) in [5, 5.41) is 10.1. The van der Waals surface area contributed by atoms with Crippen LogP contribution in [0.2, 0.25) is 0 Å². The van der Waals surface area contributed by atoms with Gasteiger partial charge in [-0.25, -0.2) is 4.98 Å². The van der Waals surface area contributed by atoms with Crippen molar-refractivity contribution in [1.82, 2.24) is 14.5 Å². The SMILES string of the molecule is CCC(O)(CN)CCCN1CCn2ccnc2C1. The number of hydrogen-bond donors (Lipinski definition) is 2. The molecule has 0 amide bonds. The third kappa shape index (κ3) is 3.10. The number of hydrogen-bond acceptors (Lipinski definition) is 4. The lowest BCUT2D eigenvalue weighted by Gasteiger charge is -2.30. The van der Waals surface area contributed by atoms with E-state index < -0.39 is 5.60 Å². The fraction of sp³-hybridized carbons (Fsp3) is 0.769. The van der Waals surface area contributed by atoms with E-state index in [1.807, 2.05) is 19.3 Å². The lowest BCUT2D eigenvalue weighted by Crippen LogP contribution is -2.39. The summed E-state index contributed by atoms with van der Waals surface area (Å²) in [7, 11) is 0. The normalized spacial score (nSPS) is 19.5. The molecule has 5 nitrogen and oxygen atoms in total. The number of fused-ring (bicyclic) bond motifs is 1. The van der Waals surface area contributed by atoms with Crippen molar-refractivity contribution < 1.29 is 5.11 Å². The van der Waals surface area contributed by atoms with Crippen LogP contribution in [-0.2, 0) is 13.1 Å². The molecule has 18 heavy (non-hydrogen) atoms. The van der Waals surface area contributed by atoms with Crippen molar-refractivity contribution >= 4 is 0 Å². The average molecular weight is 252 g/mol. The summed E-state index contributed by atoms with van der Waals surface area (Å²) in [5.41, 5.74) is 4.94. The maximum Gasteiger partial charge on any atom is 0.122 e. The largest absolute Gasteiger partial charge is 0.389 e. The first-order valence-electron chi connectivity index (χ1n) is 6.82. The van der Waals surface area contributed by atoms with Crippen molar-refractivity contribution in [2.75, 3.05) is 19.6 Å². The molecule has 102 valence electrons. The molecule has 0 aromatic carbocycles. The van der Waals surface area contributed by atoms with Gasteiger partial charge in [0.15, 0.2) is 0 Å². The number of nitrogens with two attached hydrogens (primary N) is 1. The molecule has 1 aliphatic heterocycles. The minimum Gasteiger partial charge on any atom is -0.389 e. The van der Waals surface area contributed by atoms with Crippen molar-refractivity contribution in [1.29, 1.82) is 0 Å². The van der Waals surface area contributed by atoms with Crippen LogP contribution >= 0.6 is 0 Å². The van der Waals surface area contributed by atoms with Crippen LogP contribution in [0.4, 0.5) is 0 Å². The average Bonchev–Trinajstić information content (AvgIpc) is 2.86. The minimum absolute atomic E-state index is 0.355. The van der Waals surface area contributed by atoms with Gasteiger partial charge in [-0.2, -0.15) is 0 Å². The highest BCUT2D eigenvalue weighted by Gasteiger charge is 2.23. The van der Waals surface area contributed by atoms with Gasteiger partial charge in [-0.15, -0.1) is 0 Å². The van der Waals surface area contributed by atoms with Crippen molar-refractivity contribution in [3.05, 3.63) is 18.2 Å². The second-order valence-corrected chi connectivity index (χ2v) is 5.20. The molecule has 0 fully saturated rings. The molecule has 3 N–H and O–H groups in total. The summed E-state index contributed by atoms with van der Waals surface area (Å²) in [6.07, 6.45) is 6.40. The van der Waals surface area contributed by atoms with Gasteiger partial charge in [-0.05, 0) is 25.8 Å². The van der Waals surface area contributed by atoms with Gasteiger partial charge in [0.2, 0.25) is 0 Å². The van der Waals surface area contributed by atoms with Crippen LogP contribution in [0.15, 0.2) is 12.4 Å². The monoisotopic (exact) mass is 252 g/mol. The number of nitrogens with zero attached hydrogens (tertiary/aromatic N) is 3. The second kappa shape index (κ2) is 5.82. The summed E-state index contributed by atoms with van der Waals surface area (Å²) in [4.78, 5) is 6.75. The van der Waals surface area contributed by atoms with Crippen molar-refractivity contribution in [2.24, 2.45) is 5.73 Å². The Kier molecular flexibility index (Phi) is 4.37. The standard InChI is InChI=1S/C13H24N4O/c1-2-13(18,11-14)4-3-6-16-8-9-17-7-5-15-12(17)10-16/h5,7,18H,2-4,6,8-11,14H2,1H3. The summed E-state index contributed by atoms with van der Waals surface area (Å²) in [5.74, 6) is 1.14. The predicted octanol–water partition coefficient (Wildman–Crippen LogP) is 0.579. The lowest BCUT2D eigenvalue weighted by atomic mass is 9.95. The Bertz CT molecular complexity index is 373. The molecule has 1 aromatic heterocycles. The molecule has 0 saturated heterocycles. The molecule has 0 bridgehead atoms. The maximum atomic E-state index is 10.1. The van der Waals surface area contributed by atoms with E-state index in [2.05, 4.69) is 14.5 Å². The summed E-state index contributed by atoms with van der Waals surface area (Å²) >= 11 is 0. The van der Waals surface area contributed by atoms with Gasteiger partial charge in [0.1, 0.15) is 5.82 Å². The zero-order valence-corrected chi connectivity index (χ0v) is 11.2. The van der Waals surface area contributed by atoms with Gasteiger partial charge >= 0.3 is 0 Å². The van der Waals surface area contributed by atoms with Gasteiger partial charge < -0.3 is 15.4 Å². The number of aromatic nitrogens is 2. The van der Waals surface area contributed by atoms with E-state index in [0.717, 1.165) is 51.3 Å². The number of rotatable bonds is 6. The van der Waals surface area contributed by atoms with E-state index in [9.17, 15) is 5.11 Å². The fourth-order valence-corrected chi connectivity index (χ4v) is 2.47. The third-order valence-corrected chi connectivity index (χ3v) is 3.98. The van der Waals surface area contributed by atoms with Gasteiger partial charge in [0, 0.05) is 32.0 Å². The molecule has 0 spiro atoms. The Morgan fingerprint density at radius 3 is 3.06 bits per heavy atom. The van der Waals surface area contributed by atoms with Gasteiger partial charge in [-0.3, -0.25) is 4.90 Å². The molecule has 0 aliphatic carbocycles. The highest BCUT2D eigenvalue weighted by atomic mass is 16.3. The topological polar surface area (TPSA) is 67.3 Å². The molecular weight excluding hydrogens is 228 g/mol. The summed E-state index contributed by atoms with van der Waals surface area (Å²) in [6, 6.07) is 0. The van der Waals surface area contributed by atoms with E-state index in [1.165, 1.54) is 0 Å². The van der Waals surface area contributed by atoms with E-state index in [4.69, 9.17) is 5.73 Å². The molecule has 1 aliphatic rings. The highest BCUT2D eigenvalue weighted by Crippen LogP contribution is 2.17. The molecule has 1 unspecified atom stereocenters. The van der Waals surface area contributed by atoms with E-state index in [1.54, 1.807) is 0 Å². The first kappa shape index (κ1) is 13.5. The van der Waals surface area contributed by atoms with Gasteiger partial charge in [0.05, 0.1) is 12.1 Å². The Morgan fingerprint density at radius 2 is 2.33 bits per heavy atom. The van der Waals surface area contributed by atoms with Crippen LogP contribution in [0, 0.1) is 0 Å². The van der Waals surface area contributed by atoms with E-state index in [0.29, 0.717) is 6.54 Å². The first-order valence-corrected chi connectivity index (χ1v) is 6.82. The molecule has 0 saturated carbocycles. The summed E-state index contributed by atoms with van der Waals surface area (Å²) in [6.45, 7) is 6.36. The molecule has 0 radical (unpaired) electrons. The van der Waals surface area contributed by atoms with E-state index in [-0.39, 0.29) is 0 Å². The van der Waals surface area contributed by atoms with Crippen LogP contribution < -0.4 is 5.73 Å². The molecule has 5 heteroatoms. The van der Waals surface area contributed by atoms with Gasteiger partial charge in [-0.1, -0.05) is 6.92 Å². The smallest absolute Gasteiger partial charge is 0.122 e. The van der Waals surface area contributed by atoms with Gasteiger partial charge in [0.25, 0.3) is 0 Å². The van der Waals surface area contributed by atoms with E-state index >= 15 is 0 Å². The molecular formula is C13H24N4O. The third-order valence-electron chi connectivity index (χ3n) is 3.98. The Labute approximate surface area is 109 Å². The molecule has 1 atom stereocenters. The predicted molar refractivity (Wildman–Crippen MR) is 71.0 cm³/mol. The van der Waals surface area contributed by atoms with Crippen LogP contribution in [-0.4, -0.2) is 44.8 Å². The summed E-state index contributed by atoms with van der Waals surface area (Å²) < 4.78 is 2.21. The molecule has 2 rings (SSSR count). The van der Waals surface area contributed by atoms with Crippen molar-refractivity contribution in [2.45, 2.75) is 44.9 Å². The Morgan fingerprint density at radius 1 is 1.50 bits per heavy atom. The second-order valence-electron chi connectivity index (χ2n) is 5.20.